The Hall–Kier alpha value is -2.17. The van der Waals surface area contributed by atoms with Gasteiger partial charge in [-0.15, -0.1) is 0 Å². The molecule has 3 rings (SSSR count). The van der Waals surface area contributed by atoms with Crippen molar-refractivity contribution in [2.45, 2.75) is 38.5 Å². The lowest BCUT2D eigenvalue weighted by Gasteiger charge is -2.12. The number of amides is 1. The molecule has 1 aromatic carbocycles. The smallest absolute Gasteiger partial charge is 0.224 e. The van der Waals surface area contributed by atoms with Gasteiger partial charge in [0.1, 0.15) is 12.7 Å². The summed E-state index contributed by atoms with van der Waals surface area (Å²) in [5.41, 5.74) is 1.61. The molecule has 1 aliphatic carbocycles. The van der Waals surface area contributed by atoms with E-state index in [9.17, 15) is 4.79 Å². The lowest BCUT2D eigenvalue weighted by molar-refractivity contribution is -0.116. The van der Waals surface area contributed by atoms with E-state index in [1.165, 1.54) is 32.0 Å². The van der Waals surface area contributed by atoms with Crippen LogP contribution in [0.2, 0.25) is 0 Å². The van der Waals surface area contributed by atoms with Crippen LogP contribution in [0.4, 0.5) is 5.69 Å². The highest BCUT2D eigenvalue weighted by Gasteiger charge is 2.16. The minimum Gasteiger partial charge on any atom is -0.324 e. The Labute approximate surface area is 124 Å². The quantitative estimate of drug-likeness (QED) is 0.917. The van der Waals surface area contributed by atoms with Crippen molar-refractivity contribution < 1.29 is 4.79 Å². The number of benzene rings is 1. The van der Waals surface area contributed by atoms with Crippen LogP contribution < -0.4 is 5.32 Å². The van der Waals surface area contributed by atoms with Crippen molar-refractivity contribution in [3.8, 4) is 5.69 Å². The zero-order chi connectivity index (χ0) is 14.5. The molecule has 0 spiro atoms. The second kappa shape index (κ2) is 6.52. The minimum atomic E-state index is 0.0782. The SMILES string of the molecule is O=C(CCC1CCCC1)Nc1ccccc1-n1cncn1. The van der Waals surface area contributed by atoms with Crippen molar-refractivity contribution in [3.05, 3.63) is 36.9 Å². The van der Waals surface area contributed by atoms with Crippen LogP contribution in [-0.4, -0.2) is 20.7 Å². The van der Waals surface area contributed by atoms with Crippen LogP contribution in [0.15, 0.2) is 36.9 Å². The first-order valence-corrected chi connectivity index (χ1v) is 7.57. The van der Waals surface area contributed by atoms with E-state index in [4.69, 9.17) is 0 Å². The van der Waals surface area contributed by atoms with Crippen LogP contribution in [0.1, 0.15) is 38.5 Å². The van der Waals surface area contributed by atoms with Crippen LogP contribution in [-0.2, 0) is 4.79 Å². The molecule has 1 heterocycles. The molecule has 0 atom stereocenters. The van der Waals surface area contributed by atoms with Crippen LogP contribution in [0.5, 0.6) is 0 Å². The molecule has 0 saturated heterocycles. The third-order valence-electron chi connectivity index (χ3n) is 4.10. The number of carbonyl (C=O) groups excluding carboxylic acids is 1. The molecule has 1 amide bonds. The van der Waals surface area contributed by atoms with Gasteiger partial charge in [0, 0.05) is 6.42 Å². The summed E-state index contributed by atoms with van der Waals surface area (Å²) in [5.74, 6) is 0.816. The summed E-state index contributed by atoms with van der Waals surface area (Å²) in [5, 5.41) is 7.11. The maximum Gasteiger partial charge on any atom is 0.224 e. The number of anilines is 1. The summed E-state index contributed by atoms with van der Waals surface area (Å²) in [6.45, 7) is 0. The standard InChI is InChI=1S/C16H20N4O/c21-16(10-9-13-5-1-2-6-13)19-14-7-3-4-8-15(14)20-12-17-11-18-20/h3-4,7-8,11-13H,1-2,5-6,9-10H2,(H,19,21). The van der Waals surface area contributed by atoms with E-state index < -0.39 is 0 Å². The lowest BCUT2D eigenvalue weighted by atomic mass is 10.0. The highest BCUT2D eigenvalue weighted by atomic mass is 16.1. The molecular formula is C16H20N4O. The van der Waals surface area contributed by atoms with E-state index in [-0.39, 0.29) is 5.91 Å². The molecule has 1 saturated carbocycles. The van der Waals surface area contributed by atoms with Gasteiger partial charge in [-0.1, -0.05) is 37.8 Å². The van der Waals surface area contributed by atoms with Crippen LogP contribution in [0.3, 0.4) is 0 Å². The molecule has 0 bridgehead atoms. The summed E-state index contributed by atoms with van der Waals surface area (Å²) < 4.78 is 1.66. The zero-order valence-corrected chi connectivity index (χ0v) is 12.0. The molecule has 21 heavy (non-hydrogen) atoms. The van der Waals surface area contributed by atoms with Crippen molar-refractivity contribution in [2.75, 3.05) is 5.32 Å². The molecule has 2 aromatic rings. The fourth-order valence-electron chi connectivity index (χ4n) is 2.96. The zero-order valence-electron chi connectivity index (χ0n) is 12.0. The molecular weight excluding hydrogens is 264 g/mol. The van der Waals surface area contributed by atoms with Crippen LogP contribution in [0.25, 0.3) is 5.69 Å². The molecule has 5 nitrogen and oxygen atoms in total. The second-order valence-electron chi connectivity index (χ2n) is 5.59. The molecule has 0 aliphatic heterocycles. The molecule has 1 aromatic heterocycles. The van der Waals surface area contributed by atoms with Gasteiger partial charge in [-0.2, -0.15) is 5.10 Å². The van der Waals surface area contributed by atoms with Crippen molar-refractivity contribution >= 4 is 11.6 Å². The maximum atomic E-state index is 12.1. The molecule has 1 N–H and O–H groups in total. The Kier molecular flexibility index (Phi) is 4.28. The monoisotopic (exact) mass is 284 g/mol. The Bertz CT molecular complexity index is 588. The summed E-state index contributed by atoms with van der Waals surface area (Å²) in [7, 11) is 0. The molecule has 1 aliphatic rings. The van der Waals surface area contributed by atoms with Gasteiger partial charge in [-0.25, -0.2) is 9.67 Å². The number of rotatable bonds is 5. The number of carbonyl (C=O) groups is 1. The Morgan fingerprint density at radius 1 is 1.29 bits per heavy atom. The lowest BCUT2D eigenvalue weighted by Crippen LogP contribution is -2.14. The molecule has 1 fully saturated rings. The average molecular weight is 284 g/mol. The minimum absolute atomic E-state index is 0.0782. The summed E-state index contributed by atoms with van der Waals surface area (Å²) in [6, 6.07) is 7.64. The van der Waals surface area contributed by atoms with Crippen LogP contribution >= 0.6 is 0 Å². The number of hydrogen-bond acceptors (Lipinski definition) is 3. The first kappa shape index (κ1) is 13.8. The Morgan fingerprint density at radius 3 is 2.86 bits per heavy atom. The molecule has 0 unspecified atom stereocenters. The van der Waals surface area contributed by atoms with Gasteiger partial charge in [0.15, 0.2) is 0 Å². The van der Waals surface area contributed by atoms with Gasteiger partial charge in [-0.3, -0.25) is 4.79 Å². The van der Waals surface area contributed by atoms with E-state index in [1.54, 1.807) is 11.0 Å². The van der Waals surface area contributed by atoms with Crippen molar-refractivity contribution in [3.63, 3.8) is 0 Å². The predicted octanol–water partition coefficient (Wildman–Crippen LogP) is 3.18. The molecule has 5 heteroatoms. The van der Waals surface area contributed by atoms with Gasteiger partial charge in [0.25, 0.3) is 0 Å². The largest absolute Gasteiger partial charge is 0.324 e. The van der Waals surface area contributed by atoms with Crippen molar-refractivity contribution in [1.82, 2.24) is 14.8 Å². The van der Waals surface area contributed by atoms with Crippen LogP contribution in [0, 0.1) is 5.92 Å². The highest BCUT2D eigenvalue weighted by molar-refractivity contribution is 5.92. The predicted molar refractivity (Wildman–Crippen MR) is 81.2 cm³/mol. The van der Waals surface area contributed by atoms with E-state index in [1.807, 2.05) is 24.3 Å². The van der Waals surface area contributed by atoms with Gasteiger partial charge >= 0.3 is 0 Å². The van der Waals surface area contributed by atoms with Gasteiger partial charge in [0.2, 0.25) is 5.91 Å². The fourth-order valence-corrected chi connectivity index (χ4v) is 2.96. The first-order chi connectivity index (χ1) is 10.3. The topological polar surface area (TPSA) is 59.8 Å². The normalized spacial score (nSPS) is 15.2. The summed E-state index contributed by atoms with van der Waals surface area (Å²) in [6.07, 6.45) is 9.91. The van der Waals surface area contributed by atoms with Crippen molar-refractivity contribution in [1.29, 1.82) is 0 Å². The van der Waals surface area contributed by atoms with Gasteiger partial charge in [0.05, 0.1) is 11.4 Å². The number of nitrogens with one attached hydrogen (secondary N) is 1. The number of hydrogen-bond donors (Lipinski definition) is 1. The van der Waals surface area contributed by atoms with E-state index >= 15 is 0 Å². The summed E-state index contributed by atoms with van der Waals surface area (Å²) in [4.78, 5) is 16.1. The Balaban J connectivity index is 1.63. The third kappa shape index (κ3) is 3.48. The fraction of sp³-hybridized carbons (Fsp3) is 0.438. The van der Waals surface area contributed by atoms with Gasteiger partial charge < -0.3 is 5.32 Å². The number of aromatic nitrogens is 3. The van der Waals surface area contributed by atoms with Gasteiger partial charge in [-0.05, 0) is 24.5 Å². The summed E-state index contributed by atoms with van der Waals surface area (Å²) >= 11 is 0. The Morgan fingerprint density at radius 2 is 2.10 bits per heavy atom. The van der Waals surface area contributed by atoms with Crippen molar-refractivity contribution in [2.24, 2.45) is 5.92 Å². The number of para-hydroxylation sites is 2. The molecule has 0 radical (unpaired) electrons. The number of nitrogens with zero attached hydrogens (tertiary/aromatic N) is 3. The highest BCUT2D eigenvalue weighted by Crippen LogP contribution is 2.28. The second-order valence-corrected chi connectivity index (χ2v) is 5.59. The maximum absolute atomic E-state index is 12.1. The molecule has 110 valence electrons. The average Bonchev–Trinajstić information content (AvgIpc) is 3.19. The third-order valence-corrected chi connectivity index (χ3v) is 4.10. The van der Waals surface area contributed by atoms with E-state index in [0.29, 0.717) is 6.42 Å². The van der Waals surface area contributed by atoms with E-state index in [0.717, 1.165) is 23.7 Å². The van der Waals surface area contributed by atoms with E-state index in [2.05, 4.69) is 15.4 Å². The first-order valence-electron chi connectivity index (χ1n) is 7.57.